The van der Waals surface area contributed by atoms with Crippen LogP contribution in [0.2, 0.25) is 0 Å². The van der Waals surface area contributed by atoms with Gasteiger partial charge in [-0.25, -0.2) is 4.79 Å². The van der Waals surface area contributed by atoms with E-state index in [1.165, 1.54) is 18.2 Å². The Hall–Kier alpha value is -1.57. The summed E-state index contributed by atoms with van der Waals surface area (Å²) in [5.41, 5.74) is 0. The summed E-state index contributed by atoms with van der Waals surface area (Å²) in [5.74, 6) is 0.877. The SMILES string of the molecule is O=C(CSc1nnc2n1CCCCC2)NC(=O)NC1CC1. The number of hydrogen-bond acceptors (Lipinski definition) is 5. The number of aromatic nitrogens is 3. The van der Waals surface area contributed by atoms with Crippen molar-refractivity contribution in [3.05, 3.63) is 5.82 Å². The molecule has 0 bridgehead atoms. The van der Waals surface area contributed by atoms with Crippen molar-refractivity contribution >= 4 is 23.7 Å². The van der Waals surface area contributed by atoms with Crippen LogP contribution < -0.4 is 10.6 Å². The van der Waals surface area contributed by atoms with E-state index in [1.807, 2.05) is 0 Å². The van der Waals surface area contributed by atoms with E-state index in [0.717, 1.165) is 49.6 Å². The fourth-order valence-electron chi connectivity index (χ4n) is 2.31. The van der Waals surface area contributed by atoms with Gasteiger partial charge in [-0.15, -0.1) is 10.2 Å². The first kappa shape index (κ1) is 14.4. The lowest BCUT2D eigenvalue weighted by atomic mass is 10.2. The molecule has 0 saturated heterocycles. The van der Waals surface area contributed by atoms with Gasteiger partial charge in [0.15, 0.2) is 5.16 Å². The number of amides is 3. The molecule has 2 heterocycles. The van der Waals surface area contributed by atoms with E-state index in [0.29, 0.717) is 0 Å². The smallest absolute Gasteiger partial charge is 0.321 e. The molecule has 1 aliphatic heterocycles. The number of fused-ring (bicyclic) bond motifs is 1. The molecule has 2 aliphatic rings. The number of carbonyl (C=O) groups is 2. The highest BCUT2D eigenvalue weighted by molar-refractivity contribution is 7.99. The second kappa shape index (κ2) is 6.46. The van der Waals surface area contributed by atoms with Crippen LogP contribution in [0.15, 0.2) is 5.16 Å². The van der Waals surface area contributed by atoms with Crippen molar-refractivity contribution in [1.82, 2.24) is 25.4 Å². The summed E-state index contributed by atoms with van der Waals surface area (Å²) in [7, 11) is 0. The van der Waals surface area contributed by atoms with Gasteiger partial charge in [-0.3, -0.25) is 10.1 Å². The minimum Gasteiger partial charge on any atom is -0.335 e. The molecule has 114 valence electrons. The van der Waals surface area contributed by atoms with Crippen molar-refractivity contribution in [3.8, 4) is 0 Å². The molecule has 3 amide bonds. The summed E-state index contributed by atoms with van der Waals surface area (Å²) < 4.78 is 2.09. The second-order valence-electron chi connectivity index (χ2n) is 5.45. The highest BCUT2D eigenvalue weighted by Gasteiger charge is 2.24. The van der Waals surface area contributed by atoms with Crippen molar-refractivity contribution in [1.29, 1.82) is 0 Å². The molecule has 1 saturated carbocycles. The first-order valence-electron chi connectivity index (χ1n) is 7.37. The lowest BCUT2D eigenvalue weighted by Gasteiger charge is -2.07. The molecule has 0 atom stereocenters. The van der Waals surface area contributed by atoms with Crippen molar-refractivity contribution in [2.24, 2.45) is 0 Å². The summed E-state index contributed by atoms with van der Waals surface area (Å²) in [6.07, 6.45) is 6.42. The van der Waals surface area contributed by atoms with Crippen LogP contribution in [0.3, 0.4) is 0 Å². The number of thioether (sulfide) groups is 1. The van der Waals surface area contributed by atoms with Crippen LogP contribution in [0.5, 0.6) is 0 Å². The minimum atomic E-state index is -0.400. The Balaban J connectivity index is 1.49. The zero-order chi connectivity index (χ0) is 14.7. The van der Waals surface area contributed by atoms with E-state index in [2.05, 4.69) is 25.4 Å². The molecule has 0 spiro atoms. The van der Waals surface area contributed by atoms with Crippen LogP contribution in [0.4, 0.5) is 4.79 Å². The average molecular weight is 309 g/mol. The molecule has 1 aromatic rings. The highest BCUT2D eigenvalue weighted by atomic mass is 32.2. The van der Waals surface area contributed by atoms with Crippen LogP contribution in [0, 0.1) is 0 Å². The predicted molar refractivity (Wildman–Crippen MR) is 78.0 cm³/mol. The Morgan fingerprint density at radius 3 is 2.90 bits per heavy atom. The lowest BCUT2D eigenvalue weighted by molar-refractivity contribution is -0.117. The number of imide groups is 1. The van der Waals surface area contributed by atoms with E-state index < -0.39 is 6.03 Å². The van der Waals surface area contributed by atoms with Crippen molar-refractivity contribution in [3.63, 3.8) is 0 Å². The Kier molecular flexibility index (Phi) is 4.42. The Bertz CT molecular complexity index is 541. The van der Waals surface area contributed by atoms with E-state index >= 15 is 0 Å². The van der Waals surface area contributed by atoms with Gasteiger partial charge in [-0.2, -0.15) is 0 Å². The normalized spacial score (nSPS) is 17.7. The number of nitrogens with one attached hydrogen (secondary N) is 2. The molecule has 1 aromatic heterocycles. The first-order valence-corrected chi connectivity index (χ1v) is 8.36. The number of carbonyl (C=O) groups excluding carboxylic acids is 2. The van der Waals surface area contributed by atoms with Crippen LogP contribution >= 0.6 is 11.8 Å². The Morgan fingerprint density at radius 1 is 1.24 bits per heavy atom. The van der Waals surface area contributed by atoms with Gasteiger partial charge in [-0.05, 0) is 25.7 Å². The van der Waals surface area contributed by atoms with Crippen molar-refractivity contribution in [2.75, 3.05) is 5.75 Å². The molecule has 1 aliphatic carbocycles. The molecule has 1 fully saturated rings. The van der Waals surface area contributed by atoms with Crippen LogP contribution in [0.25, 0.3) is 0 Å². The molecular weight excluding hydrogens is 290 g/mol. The summed E-state index contributed by atoms with van der Waals surface area (Å²) in [6.45, 7) is 0.911. The van der Waals surface area contributed by atoms with Gasteiger partial charge in [0.25, 0.3) is 0 Å². The third kappa shape index (κ3) is 3.96. The molecule has 0 radical (unpaired) electrons. The van der Waals surface area contributed by atoms with Gasteiger partial charge in [0.1, 0.15) is 5.82 Å². The Morgan fingerprint density at radius 2 is 2.10 bits per heavy atom. The molecule has 0 aromatic carbocycles. The summed E-state index contributed by atoms with van der Waals surface area (Å²) >= 11 is 1.33. The molecule has 21 heavy (non-hydrogen) atoms. The van der Waals surface area contributed by atoms with E-state index in [9.17, 15) is 9.59 Å². The summed E-state index contributed by atoms with van der Waals surface area (Å²) in [5, 5.41) is 14.2. The maximum absolute atomic E-state index is 11.7. The van der Waals surface area contributed by atoms with E-state index in [4.69, 9.17) is 0 Å². The molecule has 7 nitrogen and oxygen atoms in total. The van der Waals surface area contributed by atoms with Gasteiger partial charge in [0.05, 0.1) is 5.75 Å². The number of rotatable bonds is 4. The summed E-state index contributed by atoms with van der Waals surface area (Å²) in [4.78, 5) is 23.2. The predicted octanol–water partition coefficient (Wildman–Crippen LogP) is 1.08. The lowest BCUT2D eigenvalue weighted by Crippen LogP contribution is -2.41. The average Bonchev–Trinajstić information content (AvgIpc) is 3.22. The largest absolute Gasteiger partial charge is 0.335 e. The first-order chi connectivity index (χ1) is 10.2. The van der Waals surface area contributed by atoms with Crippen LogP contribution in [-0.4, -0.2) is 38.5 Å². The third-order valence-corrected chi connectivity index (χ3v) is 4.54. The van der Waals surface area contributed by atoms with Crippen molar-refractivity contribution < 1.29 is 9.59 Å². The molecule has 8 heteroatoms. The van der Waals surface area contributed by atoms with Gasteiger partial charge in [-0.1, -0.05) is 18.2 Å². The maximum atomic E-state index is 11.7. The van der Waals surface area contributed by atoms with Crippen LogP contribution in [-0.2, 0) is 17.8 Å². The zero-order valence-corrected chi connectivity index (χ0v) is 12.6. The quantitative estimate of drug-likeness (QED) is 0.813. The van der Waals surface area contributed by atoms with Crippen LogP contribution in [0.1, 0.15) is 37.9 Å². The highest BCUT2D eigenvalue weighted by Crippen LogP contribution is 2.21. The third-order valence-electron chi connectivity index (χ3n) is 3.57. The maximum Gasteiger partial charge on any atom is 0.321 e. The second-order valence-corrected chi connectivity index (χ2v) is 6.39. The van der Waals surface area contributed by atoms with E-state index in [-0.39, 0.29) is 17.7 Å². The monoisotopic (exact) mass is 309 g/mol. The topological polar surface area (TPSA) is 88.9 Å². The molecule has 0 unspecified atom stereocenters. The van der Waals surface area contributed by atoms with Gasteiger partial charge >= 0.3 is 6.03 Å². The van der Waals surface area contributed by atoms with Crippen molar-refractivity contribution in [2.45, 2.75) is 56.3 Å². The molecular formula is C13H19N5O2S. The zero-order valence-electron chi connectivity index (χ0n) is 11.8. The van der Waals surface area contributed by atoms with Gasteiger partial charge < -0.3 is 9.88 Å². The summed E-state index contributed by atoms with van der Waals surface area (Å²) in [6, 6.07) is -0.152. The van der Waals surface area contributed by atoms with Gasteiger partial charge in [0, 0.05) is 19.0 Å². The number of nitrogens with zero attached hydrogens (tertiary/aromatic N) is 3. The fourth-order valence-corrected chi connectivity index (χ4v) is 3.09. The molecule has 2 N–H and O–H groups in total. The fraction of sp³-hybridized carbons (Fsp3) is 0.692. The number of aryl methyl sites for hydroxylation is 1. The molecule has 3 rings (SSSR count). The van der Waals surface area contributed by atoms with E-state index in [1.54, 1.807) is 0 Å². The standard InChI is InChI=1S/C13H19N5O2S/c19-11(15-12(20)14-9-5-6-9)8-21-13-17-16-10-4-2-1-3-7-18(10)13/h9H,1-8H2,(H2,14,15,19,20). The Labute approximate surface area is 127 Å². The van der Waals surface area contributed by atoms with Gasteiger partial charge in [0.2, 0.25) is 5.91 Å². The number of urea groups is 1. The number of hydrogen-bond donors (Lipinski definition) is 2. The minimum absolute atomic E-state index is 0.177.